The molecule has 1 aromatic carbocycles. The lowest BCUT2D eigenvalue weighted by molar-refractivity contribution is -0.141. The summed E-state index contributed by atoms with van der Waals surface area (Å²) < 4.78 is 59.6. The molecule has 3 amide bonds. The molecule has 3 atom stereocenters. The Bertz CT molecular complexity index is 2060. The van der Waals surface area contributed by atoms with Crippen LogP contribution >= 0.6 is 0 Å². The first-order valence-corrected chi connectivity index (χ1v) is 19.3. The molecule has 1 aliphatic carbocycles. The van der Waals surface area contributed by atoms with E-state index in [9.17, 15) is 31.9 Å². The summed E-state index contributed by atoms with van der Waals surface area (Å²) in [6.07, 6.45) is 2.25. The van der Waals surface area contributed by atoms with E-state index in [1.807, 2.05) is 24.3 Å². The van der Waals surface area contributed by atoms with Crippen LogP contribution in [0.15, 0.2) is 48.9 Å². The van der Waals surface area contributed by atoms with Gasteiger partial charge in [-0.05, 0) is 68.2 Å². The number of carbonyl (C=O) groups excluding carboxylic acids is 3. The van der Waals surface area contributed by atoms with Crippen molar-refractivity contribution < 1.29 is 31.9 Å². The number of carbonyl (C=O) groups is 3. The Hall–Kier alpha value is -5.10. The summed E-state index contributed by atoms with van der Waals surface area (Å²) in [6, 6.07) is 9.02. The molecule has 4 aliphatic rings. The van der Waals surface area contributed by atoms with E-state index >= 15 is 0 Å². The van der Waals surface area contributed by atoms with Crippen molar-refractivity contribution in [1.29, 1.82) is 0 Å². The normalized spacial score (nSPS) is 25.4. The van der Waals surface area contributed by atoms with Crippen LogP contribution in [0.3, 0.4) is 0 Å². The van der Waals surface area contributed by atoms with Gasteiger partial charge in [0.2, 0.25) is 11.8 Å². The van der Waals surface area contributed by atoms with Crippen LogP contribution in [0.1, 0.15) is 78.5 Å². The average molecular weight is 780 g/mol. The second kappa shape index (κ2) is 15.4. The topological polar surface area (TPSA) is 159 Å². The number of halogens is 4. The molecule has 4 aromatic rings. The molecule has 14 nitrogen and oxygen atoms in total. The van der Waals surface area contributed by atoms with E-state index in [0.29, 0.717) is 44.0 Å². The summed E-state index contributed by atoms with van der Waals surface area (Å²) in [5.74, 6) is -0.791. The molecular formula is C38H45F4N11O3. The number of amides is 3. The summed E-state index contributed by atoms with van der Waals surface area (Å²) in [5.41, 5.74) is 6.48. The number of nitrogens with one attached hydrogen (secondary N) is 2. The summed E-state index contributed by atoms with van der Waals surface area (Å²) in [6.45, 7) is 4.87. The standard InChI is InChI=1S/C38H45F4N11O3/c39-25-17-26(43)21-51(20-25)32-11-12-52-35(46-32)30(18-44-52)37(56)45-31-22-53(48-34(31)38(40,41)42)28-5-1-23(2-6-28)19-49-13-15-50(16-14-49)27-7-3-24(4-8-27)29-9-10-33(54)47-36(29)55/h3-4,7-8,11-12,18,22-23,25-26,28-29H,1-2,5-6,9-10,13-17,19-21,43H2,(H,45,56)(H,47,54,55)/t23?,25-,26-,28?,29?/m1/s1. The van der Waals surface area contributed by atoms with Gasteiger partial charge in [0.1, 0.15) is 17.6 Å². The maximum atomic E-state index is 14.2. The second-order valence-electron chi connectivity index (χ2n) is 15.5. The van der Waals surface area contributed by atoms with E-state index in [1.165, 1.54) is 21.6 Å². The third-order valence-corrected chi connectivity index (χ3v) is 11.6. The molecule has 56 heavy (non-hydrogen) atoms. The van der Waals surface area contributed by atoms with Crippen molar-refractivity contribution in [1.82, 2.24) is 34.6 Å². The number of hydrogen-bond donors (Lipinski definition) is 3. The summed E-state index contributed by atoms with van der Waals surface area (Å²) in [4.78, 5) is 48.2. The van der Waals surface area contributed by atoms with Crippen LogP contribution in [0, 0.1) is 5.92 Å². The monoisotopic (exact) mass is 779 g/mol. The molecule has 18 heteroatoms. The fourth-order valence-electron chi connectivity index (χ4n) is 8.60. The van der Waals surface area contributed by atoms with Crippen molar-refractivity contribution in [3.63, 3.8) is 0 Å². The van der Waals surface area contributed by atoms with Gasteiger partial charge in [0.15, 0.2) is 11.3 Å². The van der Waals surface area contributed by atoms with E-state index in [0.717, 1.165) is 56.8 Å². The number of nitrogens with zero attached hydrogens (tertiary/aromatic N) is 8. The van der Waals surface area contributed by atoms with Crippen LogP contribution in [-0.4, -0.2) is 105 Å². The lowest BCUT2D eigenvalue weighted by atomic mass is 9.85. The van der Waals surface area contributed by atoms with Gasteiger partial charge in [-0.25, -0.2) is 13.9 Å². The minimum atomic E-state index is -4.80. The van der Waals surface area contributed by atoms with Gasteiger partial charge in [-0.3, -0.25) is 29.3 Å². The average Bonchev–Trinajstić information content (AvgIpc) is 3.80. The van der Waals surface area contributed by atoms with Gasteiger partial charge in [0, 0.05) is 69.8 Å². The molecule has 1 unspecified atom stereocenters. The summed E-state index contributed by atoms with van der Waals surface area (Å²) in [7, 11) is 0. The Kier molecular flexibility index (Phi) is 10.4. The Morgan fingerprint density at radius 2 is 1.71 bits per heavy atom. The molecule has 4 fully saturated rings. The fourth-order valence-corrected chi connectivity index (χ4v) is 8.60. The zero-order chi connectivity index (χ0) is 39.1. The van der Waals surface area contributed by atoms with Crippen LogP contribution in [0.25, 0.3) is 5.65 Å². The SMILES string of the molecule is N[C@@H]1C[C@@H](F)CN(c2ccn3ncc(C(=O)Nc4cn(C5CCC(CN6CCN(c7ccc(C8CCC(=O)NC8=O)cc7)CC6)CC5)nc4C(F)(F)F)c3n2)C1. The van der Waals surface area contributed by atoms with Crippen molar-refractivity contribution in [3.05, 3.63) is 65.7 Å². The van der Waals surface area contributed by atoms with Crippen molar-refractivity contribution in [2.24, 2.45) is 11.7 Å². The molecule has 3 aromatic heterocycles. The highest BCUT2D eigenvalue weighted by Gasteiger charge is 2.39. The third kappa shape index (κ3) is 8.07. The van der Waals surface area contributed by atoms with Crippen molar-refractivity contribution in [3.8, 4) is 0 Å². The van der Waals surface area contributed by atoms with E-state index in [1.54, 1.807) is 17.2 Å². The van der Waals surface area contributed by atoms with Gasteiger partial charge in [-0.15, -0.1) is 0 Å². The molecule has 298 valence electrons. The molecule has 6 heterocycles. The number of nitrogens with two attached hydrogens (primary N) is 1. The quantitative estimate of drug-likeness (QED) is 0.175. The van der Waals surface area contributed by atoms with Crippen molar-refractivity contribution in [2.45, 2.75) is 75.3 Å². The molecular weight excluding hydrogens is 734 g/mol. The largest absolute Gasteiger partial charge is 0.437 e. The second-order valence-corrected chi connectivity index (χ2v) is 15.5. The minimum Gasteiger partial charge on any atom is -0.369 e. The number of benzene rings is 1. The molecule has 0 spiro atoms. The maximum Gasteiger partial charge on any atom is 0.437 e. The van der Waals surface area contributed by atoms with E-state index in [2.05, 4.69) is 35.6 Å². The zero-order valence-corrected chi connectivity index (χ0v) is 30.8. The van der Waals surface area contributed by atoms with Gasteiger partial charge >= 0.3 is 6.18 Å². The number of piperidine rings is 2. The highest BCUT2D eigenvalue weighted by molar-refractivity contribution is 6.08. The maximum absolute atomic E-state index is 14.2. The molecule has 1 saturated carbocycles. The van der Waals surface area contributed by atoms with Crippen LogP contribution in [0.5, 0.6) is 0 Å². The Morgan fingerprint density at radius 3 is 2.41 bits per heavy atom. The fraction of sp³-hybridized carbons (Fsp3) is 0.526. The summed E-state index contributed by atoms with van der Waals surface area (Å²) in [5, 5.41) is 12.9. The number of alkyl halides is 4. The van der Waals surface area contributed by atoms with Crippen LogP contribution in [0.2, 0.25) is 0 Å². The Morgan fingerprint density at radius 1 is 0.964 bits per heavy atom. The molecule has 8 rings (SSSR count). The Balaban J connectivity index is 0.855. The lowest BCUT2D eigenvalue weighted by Crippen LogP contribution is -2.48. The van der Waals surface area contributed by atoms with Gasteiger partial charge in [-0.2, -0.15) is 23.4 Å². The predicted octanol–water partition coefficient (Wildman–Crippen LogP) is 4.15. The number of rotatable bonds is 8. The number of piperazine rings is 1. The first-order valence-electron chi connectivity index (χ1n) is 19.3. The first-order chi connectivity index (χ1) is 26.9. The van der Waals surface area contributed by atoms with Crippen molar-refractivity contribution in [2.75, 3.05) is 60.9 Å². The van der Waals surface area contributed by atoms with E-state index in [-0.39, 0.29) is 54.0 Å². The highest BCUT2D eigenvalue weighted by Crippen LogP contribution is 2.38. The van der Waals surface area contributed by atoms with Crippen LogP contribution in [0.4, 0.5) is 34.8 Å². The minimum absolute atomic E-state index is 0.0325. The molecule has 0 radical (unpaired) electrons. The Labute approximate surface area is 320 Å². The third-order valence-electron chi connectivity index (χ3n) is 11.6. The van der Waals surface area contributed by atoms with Crippen molar-refractivity contribution >= 4 is 40.6 Å². The van der Waals surface area contributed by atoms with Gasteiger partial charge in [0.25, 0.3) is 5.91 Å². The molecule has 4 N–H and O–H groups in total. The number of imide groups is 1. The van der Waals surface area contributed by atoms with Crippen LogP contribution < -0.4 is 26.2 Å². The summed E-state index contributed by atoms with van der Waals surface area (Å²) >= 11 is 0. The predicted molar refractivity (Wildman–Crippen MR) is 199 cm³/mol. The van der Waals surface area contributed by atoms with Gasteiger partial charge < -0.3 is 20.9 Å². The van der Waals surface area contributed by atoms with E-state index in [4.69, 9.17) is 5.73 Å². The lowest BCUT2D eigenvalue weighted by Gasteiger charge is -2.39. The number of anilines is 3. The first kappa shape index (κ1) is 37.8. The van der Waals surface area contributed by atoms with E-state index < -0.39 is 29.6 Å². The zero-order valence-electron chi connectivity index (χ0n) is 30.8. The molecule has 3 aliphatic heterocycles. The van der Waals surface area contributed by atoms with Crippen LogP contribution in [-0.2, 0) is 15.8 Å². The van der Waals surface area contributed by atoms with Gasteiger partial charge in [-0.1, -0.05) is 12.1 Å². The number of hydrogen-bond acceptors (Lipinski definition) is 10. The highest BCUT2D eigenvalue weighted by atomic mass is 19.4. The number of fused-ring (bicyclic) bond motifs is 1. The molecule has 3 saturated heterocycles. The van der Waals surface area contributed by atoms with Gasteiger partial charge in [0.05, 0.1) is 30.4 Å². The molecule has 0 bridgehead atoms. The smallest absolute Gasteiger partial charge is 0.369 e. The number of aromatic nitrogens is 5.